The maximum Gasteiger partial charge on any atom is 0.337 e. The second kappa shape index (κ2) is 27.5. The average molecular weight is 728 g/mol. The molecule has 0 aliphatic carbocycles. The van der Waals surface area contributed by atoms with E-state index in [1.165, 1.54) is 31.8 Å². The molecule has 0 saturated carbocycles. The Bertz CT molecular complexity index is 1310. The summed E-state index contributed by atoms with van der Waals surface area (Å²) in [6.45, 7) is 4.53. The van der Waals surface area contributed by atoms with Gasteiger partial charge in [0, 0.05) is 25.7 Å². The number of unbranched alkanes of at least 4 members (excludes halogenated alkanes) is 13. The second-order valence-electron chi connectivity index (χ2n) is 13.4. The van der Waals surface area contributed by atoms with Crippen molar-refractivity contribution >= 4 is 29.6 Å². The van der Waals surface area contributed by atoms with Crippen molar-refractivity contribution in [3.8, 4) is 17.6 Å². The smallest absolute Gasteiger partial charge is 0.337 e. The first-order valence-electron chi connectivity index (χ1n) is 19.0. The first kappa shape index (κ1) is 45.9. The van der Waals surface area contributed by atoms with Gasteiger partial charge in [-0.1, -0.05) is 114 Å². The fourth-order valence-electron chi connectivity index (χ4n) is 5.73. The molecule has 5 N–H and O–H groups in total. The maximum atomic E-state index is 13.4. The number of rotatable bonds is 30. The van der Waals surface area contributed by atoms with Crippen molar-refractivity contribution in [2.24, 2.45) is 5.92 Å². The molecule has 11 nitrogen and oxygen atoms in total. The number of benzene rings is 1. The van der Waals surface area contributed by atoms with E-state index in [1.54, 1.807) is 24.3 Å². The molecule has 0 saturated heterocycles. The zero-order chi connectivity index (χ0) is 38.6. The lowest BCUT2D eigenvalue weighted by atomic mass is 9.82. The third-order valence-corrected chi connectivity index (χ3v) is 8.87. The summed E-state index contributed by atoms with van der Waals surface area (Å²) in [7, 11) is 0. The summed E-state index contributed by atoms with van der Waals surface area (Å²) in [6.07, 6.45) is 17.9. The molecule has 11 heteroatoms. The highest BCUT2D eigenvalue weighted by Gasteiger charge is 2.49. The van der Waals surface area contributed by atoms with Gasteiger partial charge in [0.15, 0.2) is 5.60 Å². The molecule has 1 aromatic carbocycles. The Labute approximate surface area is 309 Å². The maximum absolute atomic E-state index is 13.4. The summed E-state index contributed by atoms with van der Waals surface area (Å²) in [6, 6.07) is 5.08. The zero-order valence-electron chi connectivity index (χ0n) is 31.2. The number of aliphatic carboxylic acids is 3. The van der Waals surface area contributed by atoms with E-state index in [4.69, 9.17) is 4.74 Å². The molecule has 0 bridgehead atoms. The molecule has 0 aliphatic heterocycles. The Hall–Kier alpha value is -4.17. The third kappa shape index (κ3) is 20.0. The lowest BCUT2D eigenvalue weighted by Gasteiger charge is -2.29. The summed E-state index contributed by atoms with van der Waals surface area (Å²) in [5.74, 6) is -1.10. The topological polar surface area (TPSA) is 188 Å². The number of allylic oxidation sites excluding steroid dienone is 1. The van der Waals surface area contributed by atoms with Crippen LogP contribution in [0.1, 0.15) is 141 Å². The van der Waals surface area contributed by atoms with Crippen LogP contribution in [0, 0.1) is 17.8 Å². The van der Waals surface area contributed by atoms with Crippen LogP contribution in [0.4, 0.5) is 0 Å². The van der Waals surface area contributed by atoms with E-state index in [0.717, 1.165) is 70.3 Å². The Balaban J connectivity index is 2.78. The van der Waals surface area contributed by atoms with Crippen LogP contribution in [-0.2, 0) is 30.4 Å². The number of nitrogens with one attached hydrogen (secondary N) is 1. The molecule has 0 spiro atoms. The van der Waals surface area contributed by atoms with Crippen molar-refractivity contribution in [1.82, 2.24) is 5.32 Å². The van der Waals surface area contributed by atoms with Crippen LogP contribution in [0.15, 0.2) is 36.4 Å². The molecule has 0 unspecified atom stereocenters. The Morgan fingerprint density at radius 2 is 1.37 bits per heavy atom. The molecule has 290 valence electrons. The largest absolute Gasteiger partial charge is 0.481 e. The lowest BCUT2D eigenvalue weighted by Crippen LogP contribution is -2.55. The standard InChI is InChI=1S/C41H61NO10/c1-3-5-7-9-10-13-17-21-29-52-34-27-25-32(26-28-34)30-36(39(47)48)42-38(46)35(41(51,40(49)50)31-37(44)45)24-20-16-12-11-15-19-23-33(43)22-18-14-8-6-4-2/h20,24-28,35-36,51H,3-16,18-19,22-23,29-31H2,1-2H3,(H,42,46)(H,44,45)(H,47,48)(H,49,50)/t35-,36+,41+/m1/s1. The van der Waals surface area contributed by atoms with Crippen molar-refractivity contribution in [2.45, 2.75) is 154 Å². The summed E-state index contributed by atoms with van der Waals surface area (Å²) in [5, 5.41) is 42.3. The van der Waals surface area contributed by atoms with Gasteiger partial charge in [0.05, 0.1) is 12.3 Å². The zero-order valence-corrected chi connectivity index (χ0v) is 31.2. The van der Waals surface area contributed by atoms with E-state index in [0.29, 0.717) is 37.0 Å². The number of Topliss-reactive ketones (excluding diaryl/α,β-unsaturated/α-hetero) is 1. The molecule has 1 amide bonds. The van der Waals surface area contributed by atoms with Gasteiger partial charge < -0.3 is 30.5 Å². The van der Waals surface area contributed by atoms with Crippen molar-refractivity contribution in [1.29, 1.82) is 0 Å². The van der Waals surface area contributed by atoms with Crippen molar-refractivity contribution in [3.05, 3.63) is 42.0 Å². The van der Waals surface area contributed by atoms with Gasteiger partial charge in [-0.25, -0.2) is 9.59 Å². The molecule has 0 heterocycles. The number of hydrogen-bond donors (Lipinski definition) is 5. The lowest BCUT2D eigenvalue weighted by molar-refractivity contribution is -0.172. The molecule has 0 aliphatic rings. The van der Waals surface area contributed by atoms with Crippen LogP contribution in [0.5, 0.6) is 5.75 Å². The van der Waals surface area contributed by atoms with Gasteiger partial charge in [0.2, 0.25) is 5.91 Å². The summed E-state index contributed by atoms with van der Waals surface area (Å²) in [4.78, 5) is 61.2. The molecule has 0 fully saturated rings. The van der Waals surface area contributed by atoms with Gasteiger partial charge >= 0.3 is 17.9 Å². The van der Waals surface area contributed by atoms with Gasteiger partial charge in [0.1, 0.15) is 24.2 Å². The number of carbonyl (C=O) groups excluding carboxylic acids is 2. The van der Waals surface area contributed by atoms with E-state index < -0.39 is 47.8 Å². The van der Waals surface area contributed by atoms with Crippen molar-refractivity contribution in [2.75, 3.05) is 6.61 Å². The second-order valence-corrected chi connectivity index (χ2v) is 13.4. The van der Waals surface area contributed by atoms with E-state index in [9.17, 15) is 44.4 Å². The van der Waals surface area contributed by atoms with Crippen LogP contribution < -0.4 is 10.1 Å². The third-order valence-electron chi connectivity index (χ3n) is 8.87. The number of carboxylic acids is 3. The Morgan fingerprint density at radius 3 is 1.92 bits per heavy atom. The highest BCUT2D eigenvalue weighted by Crippen LogP contribution is 2.26. The van der Waals surface area contributed by atoms with Gasteiger partial charge in [-0.05, 0) is 49.8 Å². The van der Waals surface area contributed by atoms with Gasteiger partial charge in [0.25, 0.3) is 0 Å². The Kier molecular flexibility index (Phi) is 24.2. The van der Waals surface area contributed by atoms with Crippen LogP contribution in [0.2, 0.25) is 0 Å². The predicted octanol–water partition coefficient (Wildman–Crippen LogP) is 7.27. The van der Waals surface area contributed by atoms with Gasteiger partial charge in [-0.2, -0.15) is 0 Å². The molecule has 1 aromatic rings. The van der Waals surface area contributed by atoms with Crippen LogP contribution >= 0.6 is 0 Å². The van der Waals surface area contributed by atoms with E-state index >= 15 is 0 Å². The van der Waals surface area contributed by atoms with Gasteiger partial charge in [-0.3, -0.25) is 14.4 Å². The number of hydrogen-bond acceptors (Lipinski definition) is 7. The van der Waals surface area contributed by atoms with Crippen molar-refractivity contribution in [3.63, 3.8) is 0 Å². The normalized spacial score (nSPS) is 13.4. The monoisotopic (exact) mass is 727 g/mol. The van der Waals surface area contributed by atoms with Crippen LogP contribution in [0.25, 0.3) is 0 Å². The SMILES string of the molecule is CCCCCCCC#CCOc1ccc(C[C@H](NC(=O)[C@@H](C=CCCCCCCC(=O)CCCCCCC)[C@@](O)(CC(=O)O)C(=O)O)C(=O)O)cc1. The number of ketones is 1. The number of aliphatic hydroxyl groups is 1. The summed E-state index contributed by atoms with van der Waals surface area (Å²) in [5.41, 5.74) is -2.48. The fourth-order valence-corrected chi connectivity index (χ4v) is 5.73. The molecule has 0 radical (unpaired) electrons. The summed E-state index contributed by atoms with van der Waals surface area (Å²) < 4.78 is 5.64. The fraction of sp³-hybridized carbons (Fsp3) is 0.634. The number of carboxylic acid groups (broad SMARTS) is 3. The Morgan fingerprint density at radius 1 is 0.788 bits per heavy atom. The molecule has 1 rings (SSSR count). The van der Waals surface area contributed by atoms with E-state index in [1.807, 2.05) is 0 Å². The molecular formula is C41H61NO10. The minimum atomic E-state index is -3.02. The minimum absolute atomic E-state index is 0.165. The minimum Gasteiger partial charge on any atom is -0.481 e. The average Bonchev–Trinajstić information content (AvgIpc) is 3.10. The van der Waals surface area contributed by atoms with E-state index in [2.05, 4.69) is 31.0 Å². The molecule has 52 heavy (non-hydrogen) atoms. The quantitative estimate of drug-likeness (QED) is 0.0306. The number of ether oxygens (including phenoxy) is 1. The number of amides is 1. The van der Waals surface area contributed by atoms with Crippen LogP contribution in [-0.4, -0.2) is 68.3 Å². The summed E-state index contributed by atoms with van der Waals surface area (Å²) >= 11 is 0. The molecule has 3 atom stereocenters. The predicted molar refractivity (Wildman–Crippen MR) is 200 cm³/mol. The highest BCUT2D eigenvalue weighted by molar-refractivity contribution is 5.94. The first-order chi connectivity index (χ1) is 24.9. The van der Waals surface area contributed by atoms with Crippen LogP contribution in [0.3, 0.4) is 0 Å². The molecule has 0 aromatic heterocycles. The first-order valence-corrected chi connectivity index (χ1v) is 19.0. The highest BCUT2D eigenvalue weighted by atomic mass is 16.5. The van der Waals surface area contributed by atoms with E-state index in [-0.39, 0.29) is 18.8 Å². The molecular weight excluding hydrogens is 666 g/mol. The van der Waals surface area contributed by atoms with Crippen molar-refractivity contribution < 1.29 is 49.1 Å². The number of carbonyl (C=O) groups is 5. The van der Waals surface area contributed by atoms with Gasteiger partial charge in [-0.15, -0.1) is 0 Å².